The highest BCUT2D eigenvalue weighted by Gasteiger charge is 2.13. The van der Waals surface area contributed by atoms with Gasteiger partial charge in [0.25, 0.3) is 0 Å². The molecule has 1 rings (SSSR count). The molecule has 1 aromatic heterocycles. The molecule has 60 valence electrons. The second kappa shape index (κ2) is 3.29. The van der Waals surface area contributed by atoms with Gasteiger partial charge < -0.3 is 0 Å². The smallest absolute Gasteiger partial charge is 0.243 e. The molecule has 0 bridgehead atoms. The van der Waals surface area contributed by atoms with Gasteiger partial charge in [0, 0.05) is 6.20 Å². The van der Waals surface area contributed by atoms with Crippen LogP contribution in [0, 0.1) is 0 Å². The Kier molecular flexibility index (Phi) is 2.58. The van der Waals surface area contributed by atoms with Crippen LogP contribution in [0.4, 0.5) is 0 Å². The summed E-state index contributed by atoms with van der Waals surface area (Å²) in [5, 5.41) is -0.114. The van der Waals surface area contributed by atoms with Crippen molar-refractivity contribution >= 4 is 26.4 Å². The minimum absolute atomic E-state index is 0.114. The lowest BCUT2D eigenvalue weighted by atomic mass is 10.5. The normalized spacial score (nSPS) is 11.4. The molecule has 0 spiro atoms. The maximum atomic E-state index is 10.9. The van der Waals surface area contributed by atoms with Crippen LogP contribution in [0.5, 0.6) is 0 Å². The van der Waals surface area contributed by atoms with Gasteiger partial charge in [0.2, 0.25) is 0 Å². The van der Waals surface area contributed by atoms with Gasteiger partial charge in [0.15, 0.2) is 5.03 Å². The van der Waals surface area contributed by atoms with Crippen LogP contribution < -0.4 is 0 Å². The molecule has 0 aliphatic rings. The molecule has 0 N–H and O–H groups in total. The fraction of sp³-hybridized carbons (Fsp3) is 0. The number of rotatable bonds is 2. The van der Waals surface area contributed by atoms with Crippen LogP contribution in [0.25, 0.3) is 0 Å². The molecule has 0 amide bonds. The first kappa shape index (κ1) is 8.63. The number of pyridine rings is 1. The summed E-state index contributed by atoms with van der Waals surface area (Å²) in [6.07, 6.45) is 1.37. The van der Waals surface area contributed by atoms with Crippen molar-refractivity contribution in [1.29, 1.82) is 0 Å². The highest BCUT2D eigenvalue weighted by atomic mass is 79.9. The van der Waals surface area contributed by atoms with Crippen LogP contribution in [0.15, 0.2) is 29.4 Å². The molecular formula is C5H4BrNO3S. The zero-order valence-corrected chi connectivity index (χ0v) is 7.67. The van der Waals surface area contributed by atoms with Crippen molar-refractivity contribution in [3.63, 3.8) is 0 Å². The number of hydrogen-bond donors (Lipinski definition) is 0. The van der Waals surface area contributed by atoms with Crippen LogP contribution in [-0.2, 0) is 13.4 Å². The van der Waals surface area contributed by atoms with Crippen molar-refractivity contribution in [2.24, 2.45) is 0 Å². The molecule has 1 heterocycles. The average molecular weight is 238 g/mol. The van der Waals surface area contributed by atoms with Crippen molar-refractivity contribution in [3.05, 3.63) is 24.4 Å². The molecule has 0 unspecified atom stereocenters. The number of nitrogens with zero attached hydrogens (tertiary/aromatic N) is 1. The van der Waals surface area contributed by atoms with Gasteiger partial charge in [-0.15, -0.1) is 0 Å². The predicted molar refractivity (Wildman–Crippen MR) is 41.4 cm³/mol. The van der Waals surface area contributed by atoms with E-state index in [0.717, 1.165) is 0 Å². The topological polar surface area (TPSA) is 56.3 Å². The van der Waals surface area contributed by atoms with Crippen molar-refractivity contribution in [2.45, 2.75) is 5.03 Å². The van der Waals surface area contributed by atoms with Crippen LogP contribution in [0.3, 0.4) is 0 Å². The van der Waals surface area contributed by atoms with Gasteiger partial charge in [-0.2, -0.15) is 11.7 Å². The monoisotopic (exact) mass is 237 g/mol. The second-order valence-electron chi connectivity index (χ2n) is 1.69. The summed E-state index contributed by atoms with van der Waals surface area (Å²) >= 11 is 2.38. The van der Waals surface area contributed by atoms with E-state index in [9.17, 15) is 8.42 Å². The van der Waals surface area contributed by atoms with E-state index in [1.54, 1.807) is 12.1 Å². The summed E-state index contributed by atoms with van der Waals surface area (Å²) in [4.78, 5) is 3.58. The van der Waals surface area contributed by atoms with E-state index < -0.39 is 10.1 Å². The highest BCUT2D eigenvalue weighted by molar-refractivity contribution is 9.06. The summed E-state index contributed by atoms with van der Waals surface area (Å²) < 4.78 is 25.8. The summed E-state index contributed by atoms with van der Waals surface area (Å²) in [6.45, 7) is 0. The van der Waals surface area contributed by atoms with Crippen LogP contribution in [0.2, 0.25) is 0 Å². The first-order valence-electron chi connectivity index (χ1n) is 2.63. The third-order valence-electron chi connectivity index (χ3n) is 0.977. The van der Waals surface area contributed by atoms with Crippen molar-refractivity contribution in [3.8, 4) is 0 Å². The van der Waals surface area contributed by atoms with E-state index in [4.69, 9.17) is 0 Å². The Labute approximate surface area is 72.8 Å². The summed E-state index contributed by atoms with van der Waals surface area (Å²) in [5.74, 6) is 0. The molecular weight excluding hydrogens is 234 g/mol. The number of hydrogen-bond acceptors (Lipinski definition) is 4. The molecule has 0 fully saturated rings. The first-order valence-corrected chi connectivity index (χ1v) is 4.68. The van der Waals surface area contributed by atoms with E-state index in [0.29, 0.717) is 0 Å². The van der Waals surface area contributed by atoms with E-state index in [1.807, 2.05) is 0 Å². The van der Waals surface area contributed by atoms with Crippen molar-refractivity contribution < 1.29 is 11.7 Å². The third-order valence-corrected chi connectivity index (χ3v) is 2.94. The van der Waals surface area contributed by atoms with Gasteiger partial charge in [-0.3, -0.25) is 0 Å². The van der Waals surface area contributed by atoms with Crippen LogP contribution >= 0.6 is 16.3 Å². The highest BCUT2D eigenvalue weighted by Crippen LogP contribution is 2.09. The molecule has 0 aromatic carbocycles. The van der Waals surface area contributed by atoms with Gasteiger partial charge in [0.1, 0.15) is 16.3 Å². The molecule has 0 radical (unpaired) electrons. The lowest BCUT2D eigenvalue weighted by molar-refractivity contribution is 0.522. The van der Waals surface area contributed by atoms with Crippen molar-refractivity contribution in [2.75, 3.05) is 0 Å². The molecule has 0 aliphatic carbocycles. The maximum Gasteiger partial charge on any atom is 0.325 e. The number of halogens is 1. The minimum atomic E-state index is -3.69. The van der Waals surface area contributed by atoms with Crippen LogP contribution in [0.1, 0.15) is 0 Å². The Hall–Kier alpha value is -0.460. The zero-order valence-electron chi connectivity index (χ0n) is 5.27. The Morgan fingerprint density at radius 2 is 2.18 bits per heavy atom. The predicted octanol–water partition coefficient (Wildman–Crippen LogP) is 1.10. The molecule has 11 heavy (non-hydrogen) atoms. The van der Waals surface area contributed by atoms with Crippen LogP contribution in [-0.4, -0.2) is 13.4 Å². The van der Waals surface area contributed by atoms with E-state index >= 15 is 0 Å². The maximum absolute atomic E-state index is 10.9. The molecule has 0 saturated heterocycles. The lowest BCUT2D eigenvalue weighted by Crippen LogP contribution is -2.01. The molecule has 0 aliphatic heterocycles. The quantitative estimate of drug-likeness (QED) is 0.773. The summed E-state index contributed by atoms with van der Waals surface area (Å²) in [7, 11) is -3.69. The summed E-state index contributed by atoms with van der Waals surface area (Å²) in [6, 6.07) is 4.52. The van der Waals surface area contributed by atoms with Crippen molar-refractivity contribution in [1.82, 2.24) is 4.98 Å². The van der Waals surface area contributed by atoms with E-state index in [1.165, 1.54) is 12.3 Å². The van der Waals surface area contributed by atoms with Gasteiger partial charge in [0.05, 0.1) is 0 Å². The zero-order chi connectivity index (χ0) is 8.32. The van der Waals surface area contributed by atoms with Gasteiger partial charge in [-0.1, -0.05) is 6.07 Å². The second-order valence-corrected chi connectivity index (χ2v) is 3.93. The lowest BCUT2D eigenvalue weighted by Gasteiger charge is -1.95. The molecule has 0 saturated carbocycles. The molecule has 0 atom stereocenters. The SMILES string of the molecule is O=S(=O)(OBr)c1ccccn1. The van der Waals surface area contributed by atoms with E-state index in [2.05, 4.69) is 24.5 Å². The fourth-order valence-electron chi connectivity index (χ4n) is 0.527. The van der Waals surface area contributed by atoms with E-state index in [-0.39, 0.29) is 5.03 Å². The largest absolute Gasteiger partial charge is 0.325 e. The average Bonchev–Trinajstić information content (AvgIpc) is 2.06. The van der Waals surface area contributed by atoms with Gasteiger partial charge in [-0.25, -0.2) is 4.98 Å². The Bertz CT molecular complexity index is 323. The molecule has 4 nitrogen and oxygen atoms in total. The fourth-order valence-corrected chi connectivity index (χ4v) is 1.43. The first-order chi connectivity index (χ1) is 5.17. The Morgan fingerprint density at radius 3 is 2.64 bits per heavy atom. The number of aromatic nitrogens is 1. The minimum Gasteiger partial charge on any atom is -0.243 e. The Morgan fingerprint density at radius 1 is 1.45 bits per heavy atom. The van der Waals surface area contributed by atoms with Gasteiger partial charge in [-0.05, 0) is 12.1 Å². The standard InChI is InChI=1S/C5H4BrNO3S/c6-10-11(8,9)5-3-1-2-4-7-5/h1-4H. The Balaban J connectivity index is 3.14. The summed E-state index contributed by atoms with van der Waals surface area (Å²) in [5.41, 5.74) is 0. The third kappa shape index (κ3) is 1.98. The molecule has 6 heteroatoms. The molecule has 1 aromatic rings. The van der Waals surface area contributed by atoms with Gasteiger partial charge >= 0.3 is 10.1 Å².